The molecule has 5 fully saturated rings. The van der Waals surface area contributed by atoms with Crippen LogP contribution in [0.2, 0.25) is 0 Å². The zero-order valence-electron chi connectivity index (χ0n) is 15.2. The fourth-order valence-corrected chi connectivity index (χ4v) is 7.99. The molecule has 3 aliphatic carbocycles. The summed E-state index contributed by atoms with van der Waals surface area (Å²) < 4.78 is 5.28. The van der Waals surface area contributed by atoms with Crippen molar-refractivity contribution >= 4 is 11.7 Å². The molecule has 26 heavy (non-hydrogen) atoms. The van der Waals surface area contributed by atoms with E-state index in [2.05, 4.69) is 34.5 Å². The number of aliphatic hydroxyl groups is 1. The van der Waals surface area contributed by atoms with Crippen molar-refractivity contribution < 1.29 is 14.6 Å². The predicted molar refractivity (Wildman–Crippen MR) is 96.9 cm³/mol. The number of ether oxygens (including phenoxy) is 1. The molecule has 1 aromatic carbocycles. The summed E-state index contributed by atoms with van der Waals surface area (Å²) in [6.07, 6.45) is 4.22. The molecule has 2 N–H and O–H groups in total. The standard InChI is InChI=1S/C21H26N2O3/c1-26-17(25)14-12-19-7-8-21(14)20(13-4-2-3-5-15(13)22-21)9-11-23(18(19)20)10-6-16(19)24/h2-5,14,16,18,22,24H,6-12H2,1H3/t14-,16?,18-,19+,20+,21+/m0/s1. The van der Waals surface area contributed by atoms with E-state index in [0.717, 1.165) is 45.2 Å². The lowest BCUT2D eigenvalue weighted by molar-refractivity contribution is -0.196. The molecule has 6 atom stereocenters. The van der Waals surface area contributed by atoms with E-state index in [1.807, 2.05) is 0 Å². The van der Waals surface area contributed by atoms with Crippen LogP contribution in [-0.2, 0) is 14.9 Å². The van der Waals surface area contributed by atoms with Gasteiger partial charge in [-0.05, 0) is 50.3 Å². The first-order chi connectivity index (χ1) is 12.6. The summed E-state index contributed by atoms with van der Waals surface area (Å²) in [5.41, 5.74) is 1.98. The molecule has 5 heteroatoms. The Morgan fingerprint density at radius 3 is 2.96 bits per heavy atom. The van der Waals surface area contributed by atoms with Crippen LogP contribution in [0, 0.1) is 11.3 Å². The minimum Gasteiger partial charge on any atom is -0.469 e. The monoisotopic (exact) mass is 354 g/mol. The highest BCUT2D eigenvalue weighted by Gasteiger charge is 2.80. The van der Waals surface area contributed by atoms with Crippen molar-refractivity contribution in [3.8, 4) is 0 Å². The molecule has 7 rings (SSSR count). The van der Waals surface area contributed by atoms with Crippen LogP contribution >= 0.6 is 0 Å². The second-order valence-electron chi connectivity index (χ2n) is 9.12. The van der Waals surface area contributed by atoms with Gasteiger partial charge in [0.1, 0.15) is 0 Å². The second-order valence-corrected chi connectivity index (χ2v) is 9.12. The zero-order valence-corrected chi connectivity index (χ0v) is 15.2. The zero-order chi connectivity index (χ0) is 17.7. The number of fused-ring (bicyclic) bond motifs is 3. The molecule has 3 saturated carbocycles. The van der Waals surface area contributed by atoms with Crippen molar-refractivity contribution in [1.82, 2.24) is 4.90 Å². The number of aliphatic hydroxyl groups excluding tert-OH is 1. The number of methoxy groups -OCH3 is 1. The summed E-state index contributed by atoms with van der Waals surface area (Å²) in [5, 5.41) is 15.0. The van der Waals surface area contributed by atoms with Gasteiger partial charge in [0, 0.05) is 29.1 Å². The third-order valence-electron chi connectivity index (χ3n) is 8.73. The molecule has 5 nitrogen and oxygen atoms in total. The number of anilines is 1. The number of nitrogens with one attached hydrogen (secondary N) is 1. The smallest absolute Gasteiger partial charge is 0.311 e. The van der Waals surface area contributed by atoms with Crippen LogP contribution in [0.3, 0.4) is 0 Å². The Morgan fingerprint density at radius 1 is 1.27 bits per heavy atom. The van der Waals surface area contributed by atoms with Crippen molar-refractivity contribution in [2.24, 2.45) is 11.3 Å². The molecule has 138 valence electrons. The average Bonchev–Trinajstić information content (AvgIpc) is 3.21. The maximum absolute atomic E-state index is 12.9. The lowest BCUT2D eigenvalue weighted by Gasteiger charge is -2.69. The first-order valence-corrected chi connectivity index (χ1v) is 9.97. The number of hydrogen-bond acceptors (Lipinski definition) is 5. The number of esters is 1. The third-order valence-corrected chi connectivity index (χ3v) is 8.73. The van der Waals surface area contributed by atoms with E-state index in [9.17, 15) is 9.90 Å². The first-order valence-electron chi connectivity index (χ1n) is 9.97. The minimum atomic E-state index is -0.322. The largest absolute Gasteiger partial charge is 0.469 e. The third kappa shape index (κ3) is 1.38. The van der Waals surface area contributed by atoms with Gasteiger partial charge in [0.25, 0.3) is 0 Å². The SMILES string of the molecule is COC(=O)[C@@H]1C[C@]23CC[C@@]14Nc1ccccc1[C@@]41CCN(CCC2O)[C@@H]31. The number of nitrogens with zero attached hydrogens (tertiary/aromatic N) is 1. The Bertz CT molecular complexity index is 812. The second kappa shape index (κ2) is 4.63. The molecule has 0 aromatic heterocycles. The molecule has 1 unspecified atom stereocenters. The van der Waals surface area contributed by atoms with Crippen molar-refractivity contribution in [2.75, 3.05) is 25.5 Å². The van der Waals surface area contributed by atoms with E-state index in [-0.39, 0.29) is 34.4 Å². The normalized spacial score (nSPS) is 47.7. The van der Waals surface area contributed by atoms with E-state index in [1.54, 1.807) is 0 Å². The van der Waals surface area contributed by atoms with Crippen molar-refractivity contribution in [2.45, 2.75) is 55.2 Å². The van der Waals surface area contributed by atoms with Gasteiger partial charge in [-0.25, -0.2) is 0 Å². The summed E-state index contributed by atoms with van der Waals surface area (Å²) in [6, 6.07) is 8.94. The molecular formula is C21H26N2O3. The lowest BCUT2D eigenvalue weighted by Crippen LogP contribution is -2.79. The van der Waals surface area contributed by atoms with E-state index < -0.39 is 0 Å². The van der Waals surface area contributed by atoms with Gasteiger partial charge < -0.3 is 15.2 Å². The highest BCUT2D eigenvalue weighted by atomic mass is 16.5. The minimum absolute atomic E-state index is 0.0969. The number of rotatable bonds is 1. The lowest BCUT2D eigenvalue weighted by atomic mass is 9.38. The highest BCUT2D eigenvalue weighted by molar-refractivity contribution is 5.80. The molecule has 3 aliphatic heterocycles. The van der Waals surface area contributed by atoms with Crippen molar-refractivity contribution in [3.63, 3.8) is 0 Å². The summed E-state index contributed by atoms with van der Waals surface area (Å²) >= 11 is 0. The van der Waals surface area contributed by atoms with E-state index >= 15 is 0 Å². The van der Waals surface area contributed by atoms with Gasteiger partial charge in [-0.2, -0.15) is 0 Å². The van der Waals surface area contributed by atoms with Gasteiger partial charge in [-0.1, -0.05) is 18.2 Å². The Balaban J connectivity index is 1.66. The van der Waals surface area contributed by atoms with Gasteiger partial charge in [0.05, 0.1) is 24.7 Å². The summed E-state index contributed by atoms with van der Waals surface area (Å²) in [7, 11) is 1.50. The maximum atomic E-state index is 12.9. The molecule has 2 bridgehead atoms. The molecule has 0 amide bonds. The van der Waals surface area contributed by atoms with Crippen LogP contribution in [0.15, 0.2) is 24.3 Å². The van der Waals surface area contributed by atoms with Crippen LogP contribution in [-0.4, -0.2) is 53.9 Å². The number of hydrogen-bond donors (Lipinski definition) is 2. The van der Waals surface area contributed by atoms with Gasteiger partial charge in [-0.3, -0.25) is 9.69 Å². The number of piperidine rings is 1. The summed E-state index contributed by atoms with van der Waals surface area (Å²) in [5.74, 6) is -0.309. The van der Waals surface area contributed by atoms with Crippen molar-refractivity contribution in [3.05, 3.63) is 29.8 Å². The fraction of sp³-hybridized carbons (Fsp3) is 0.667. The molecule has 3 heterocycles. The fourth-order valence-electron chi connectivity index (χ4n) is 7.99. The Kier molecular flexibility index (Phi) is 2.75. The van der Waals surface area contributed by atoms with Crippen LogP contribution in [0.1, 0.15) is 37.7 Å². The van der Waals surface area contributed by atoms with E-state index in [1.165, 1.54) is 18.4 Å². The van der Waals surface area contributed by atoms with Crippen LogP contribution in [0.25, 0.3) is 0 Å². The molecular weight excluding hydrogens is 328 g/mol. The number of carbonyl (C=O) groups excluding carboxylic acids is 1. The topological polar surface area (TPSA) is 61.8 Å². The Labute approximate surface area is 153 Å². The van der Waals surface area contributed by atoms with E-state index in [4.69, 9.17) is 4.74 Å². The van der Waals surface area contributed by atoms with Gasteiger partial charge in [-0.15, -0.1) is 0 Å². The van der Waals surface area contributed by atoms with Gasteiger partial charge in [0.2, 0.25) is 0 Å². The molecule has 2 saturated heterocycles. The molecule has 3 spiro atoms. The van der Waals surface area contributed by atoms with Gasteiger partial charge >= 0.3 is 5.97 Å². The quantitative estimate of drug-likeness (QED) is 0.755. The molecule has 0 radical (unpaired) electrons. The maximum Gasteiger partial charge on any atom is 0.311 e. The molecule has 1 aromatic rings. The first kappa shape index (κ1) is 15.5. The molecule has 6 aliphatic rings. The number of benzene rings is 1. The van der Waals surface area contributed by atoms with Gasteiger partial charge in [0.15, 0.2) is 0 Å². The summed E-state index contributed by atoms with van der Waals surface area (Å²) in [4.78, 5) is 15.6. The van der Waals surface area contributed by atoms with Crippen LogP contribution in [0.4, 0.5) is 5.69 Å². The number of para-hydroxylation sites is 1. The summed E-state index contributed by atoms with van der Waals surface area (Å²) in [6.45, 7) is 2.03. The van der Waals surface area contributed by atoms with Crippen LogP contribution in [0.5, 0.6) is 0 Å². The number of carbonyl (C=O) groups is 1. The highest BCUT2D eigenvalue weighted by Crippen LogP contribution is 2.74. The van der Waals surface area contributed by atoms with Crippen molar-refractivity contribution in [1.29, 1.82) is 0 Å². The van der Waals surface area contributed by atoms with E-state index in [0.29, 0.717) is 6.04 Å². The predicted octanol–water partition coefficient (Wildman–Crippen LogP) is 1.90. The van der Waals surface area contributed by atoms with Crippen LogP contribution < -0.4 is 5.32 Å². The Hall–Kier alpha value is -1.59. The average molecular weight is 354 g/mol. The Morgan fingerprint density at radius 2 is 2.12 bits per heavy atom.